The van der Waals surface area contributed by atoms with E-state index in [0.29, 0.717) is 5.39 Å². The highest BCUT2D eigenvalue weighted by molar-refractivity contribution is 7.89. The molecule has 0 unspecified atom stereocenters. The maximum Gasteiger partial charge on any atom is 0.238 e. The summed E-state index contributed by atoms with van der Waals surface area (Å²) in [5.41, 5.74) is 0. The molecule has 0 amide bonds. The van der Waals surface area contributed by atoms with E-state index in [1.807, 2.05) is 23.6 Å². The van der Waals surface area contributed by atoms with Crippen LogP contribution in [0.5, 0.6) is 0 Å². The van der Waals surface area contributed by atoms with Crippen molar-refractivity contribution in [2.24, 2.45) is 5.14 Å². The molecule has 0 spiro atoms. The van der Waals surface area contributed by atoms with Gasteiger partial charge < -0.3 is 0 Å². The van der Waals surface area contributed by atoms with E-state index >= 15 is 0 Å². The van der Waals surface area contributed by atoms with E-state index < -0.39 is 10.0 Å². The van der Waals surface area contributed by atoms with E-state index in [-0.39, 0.29) is 4.90 Å². The van der Waals surface area contributed by atoms with Crippen LogP contribution in [0.4, 0.5) is 0 Å². The average Bonchev–Trinajstić information content (AvgIpc) is 2.96. The van der Waals surface area contributed by atoms with Crippen LogP contribution in [0, 0.1) is 0 Å². The summed E-state index contributed by atoms with van der Waals surface area (Å²) in [4.78, 5) is 0.176. The van der Waals surface area contributed by atoms with Crippen molar-refractivity contribution in [3.63, 3.8) is 0 Å². The average molecular weight is 293 g/mol. The smallest absolute Gasteiger partial charge is 0.225 e. The number of nitrogens with zero attached hydrogens (tertiary/aromatic N) is 2. The molecule has 98 valence electrons. The first kappa shape index (κ1) is 13.6. The quantitative estimate of drug-likeness (QED) is 0.743. The van der Waals surface area contributed by atoms with Crippen LogP contribution < -0.4 is 5.14 Å². The van der Waals surface area contributed by atoms with Gasteiger partial charge in [0.05, 0.1) is 11.1 Å². The summed E-state index contributed by atoms with van der Waals surface area (Å²) in [7, 11) is -3.63. The zero-order valence-corrected chi connectivity index (χ0v) is 11.4. The van der Waals surface area contributed by atoms with Crippen molar-refractivity contribution in [2.45, 2.75) is 4.90 Å². The third-order valence-electron chi connectivity index (χ3n) is 2.34. The fourth-order valence-electron chi connectivity index (χ4n) is 1.58. The minimum absolute atomic E-state index is 0.176. The fraction of sp³-hybridized carbons (Fsp3) is 0. The number of hydrogen-bond donors (Lipinski definition) is 1. The molecule has 7 heteroatoms. The molecule has 0 radical (unpaired) electrons. The Morgan fingerprint density at radius 2 is 1.79 bits per heavy atom. The molecule has 1 aromatic heterocycles. The van der Waals surface area contributed by atoms with Gasteiger partial charge in [0.1, 0.15) is 0 Å². The molecule has 0 aliphatic heterocycles. The number of nitrogens with two attached hydrogens (primary N) is 1. The maximum atomic E-state index is 11.2. The predicted octanol–water partition coefficient (Wildman–Crippen LogP) is 2.03. The number of primary sulfonamides is 1. The molecule has 2 aromatic carbocycles. The van der Waals surface area contributed by atoms with E-state index in [1.54, 1.807) is 24.4 Å². The van der Waals surface area contributed by atoms with Gasteiger partial charge in [-0.15, -0.1) is 5.10 Å². The number of hydrogen-bond acceptors (Lipinski definition) is 5. The van der Waals surface area contributed by atoms with E-state index in [9.17, 15) is 8.42 Å². The SMILES string of the molecule is NS(=O)(=O)c1cccc2ccccc12.c1csnn1. The van der Waals surface area contributed by atoms with E-state index in [2.05, 4.69) is 9.59 Å². The standard InChI is InChI=1S/C10H9NO2S.C2H2N2S/c11-14(12,13)10-7-3-5-8-4-1-2-6-9(8)10;1-2-5-4-3-1/h1-7H,(H2,11,12,13);1-2H. The summed E-state index contributed by atoms with van der Waals surface area (Å²) in [6, 6.07) is 12.3. The maximum absolute atomic E-state index is 11.2. The Morgan fingerprint density at radius 1 is 1.05 bits per heavy atom. The lowest BCUT2D eigenvalue weighted by atomic mass is 10.1. The fourth-order valence-corrected chi connectivity index (χ4v) is 2.61. The monoisotopic (exact) mass is 293 g/mol. The molecule has 0 atom stereocenters. The highest BCUT2D eigenvalue weighted by Crippen LogP contribution is 2.21. The van der Waals surface area contributed by atoms with Crippen LogP contribution in [0.1, 0.15) is 0 Å². The van der Waals surface area contributed by atoms with Crippen molar-refractivity contribution in [1.82, 2.24) is 9.59 Å². The predicted molar refractivity (Wildman–Crippen MR) is 75.2 cm³/mol. The second-order valence-corrected chi connectivity index (χ2v) is 5.79. The van der Waals surface area contributed by atoms with E-state index in [4.69, 9.17) is 5.14 Å². The van der Waals surface area contributed by atoms with Crippen molar-refractivity contribution in [2.75, 3.05) is 0 Å². The molecule has 1 heterocycles. The molecular formula is C12H11N3O2S2. The molecular weight excluding hydrogens is 282 g/mol. The van der Waals surface area contributed by atoms with E-state index in [0.717, 1.165) is 5.39 Å². The normalized spacial score (nSPS) is 10.8. The Hall–Kier alpha value is -1.83. The number of rotatable bonds is 1. The highest BCUT2D eigenvalue weighted by atomic mass is 32.2. The summed E-state index contributed by atoms with van der Waals surface area (Å²) in [6.45, 7) is 0. The molecule has 3 rings (SSSR count). The first-order valence-corrected chi connectivity index (χ1v) is 7.69. The van der Waals surface area contributed by atoms with Gasteiger partial charge in [0.15, 0.2) is 0 Å². The van der Waals surface area contributed by atoms with Gasteiger partial charge >= 0.3 is 0 Å². The molecule has 19 heavy (non-hydrogen) atoms. The molecule has 0 bridgehead atoms. The summed E-state index contributed by atoms with van der Waals surface area (Å²) >= 11 is 1.35. The van der Waals surface area contributed by atoms with Crippen molar-refractivity contribution in [3.8, 4) is 0 Å². The topological polar surface area (TPSA) is 85.9 Å². The van der Waals surface area contributed by atoms with Gasteiger partial charge in [0, 0.05) is 10.8 Å². The summed E-state index contributed by atoms with van der Waals surface area (Å²) in [5, 5.41) is 11.9. The molecule has 3 aromatic rings. The van der Waals surface area contributed by atoms with Crippen molar-refractivity contribution in [1.29, 1.82) is 0 Å². The lowest BCUT2D eigenvalue weighted by Crippen LogP contribution is -2.12. The van der Waals surface area contributed by atoms with Crippen LogP contribution in [0.2, 0.25) is 0 Å². The summed E-state index contributed by atoms with van der Waals surface area (Å²) in [5.74, 6) is 0. The van der Waals surface area contributed by atoms with Gasteiger partial charge in [-0.3, -0.25) is 0 Å². The second kappa shape index (κ2) is 5.87. The second-order valence-electron chi connectivity index (χ2n) is 3.61. The van der Waals surface area contributed by atoms with Crippen molar-refractivity contribution in [3.05, 3.63) is 54.0 Å². The van der Waals surface area contributed by atoms with Crippen molar-refractivity contribution >= 4 is 32.3 Å². The third-order valence-corrected chi connectivity index (χ3v) is 3.74. The Morgan fingerprint density at radius 3 is 2.37 bits per heavy atom. The number of sulfonamides is 1. The van der Waals surface area contributed by atoms with Crippen LogP contribution in [-0.4, -0.2) is 18.0 Å². The third kappa shape index (κ3) is 3.57. The van der Waals surface area contributed by atoms with Crippen LogP contribution in [0.25, 0.3) is 10.8 Å². The van der Waals surface area contributed by atoms with E-state index in [1.165, 1.54) is 17.6 Å². The van der Waals surface area contributed by atoms with Crippen LogP contribution in [0.15, 0.2) is 58.9 Å². The number of benzene rings is 2. The van der Waals surface area contributed by atoms with Gasteiger partial charge in [0.25, 0.3) is 0 Å². The van der Waals surface area contributed by atoms with Crippen molar-refractivity contribution < 1.29 is 8.42 Å². The van der Waals surface area contributed by atoms with Gasteiger partial charge in [-0.1, -0.05) is 40.9 Å². The highest BCUT2D eigenvalue weighted by Gasteiger charge is 2.10. The minimum Gasteiger partial charge on any atom is -0.225 e. The first-order valence-electron chi connectivity index (χ1n) is 5.30. The molecule has 0 saturated carbocycles. The minimum atomic E-state index is -3.63. The molecule has 2 N–H and O–H groups in total. The van der Waals surface area contributed by atoms with Gasteiger partial charge in [0.2, 0.25) is 10.0 Å². The van der Waals surface area contributed by atoms with Crippen LogP contribution in [-0.2, 0) is 10.0 Å². The molecule has 5 nitrogen and oxygen atoms in total. The Kier molecular flexibility index (Phi) is 4.20. The Bertz CT molecular complexity index is 733. The summed E-state index contributed by atoms with van der Waals surface area (Å²) < 4.78 is 26.0. The molecule has 0 saturated heterocycles. The Labute approximate surface area is 114 Å². The number of aromatic nitrogens is 2. The van der Waals surface area contributed by atoms with Crippen LogP contribution in [0.3, 0.4) is 0 Å². The molecule has 0 aliphatic rings. The lowest BCUT2D eigenvalue weighted by molar-refractivity contribution is 0.598. The zero-order chi connectivity index (χ0) is 13.7. The Balaban J connectivity index is 0.000000224. The number of fused-ring (bicyclic) bond motifs is 1. The largest absolute Gasteiger partial charge is 0.238 e. The van der Waals surface area contributed by atoms with Gasteiger partial charge in [-0.2, -0.15) is 0 Å². The first-order chi connectivity index (χ1) is 9.09. The van der Waals surface area contributed by atoms with Gasteiger partial charge in [-0.25, -0.2) is 13.6 Å². The van der Waals surface area contributed by atoms with Gasteiger partial charge in [-0.05, 0) is 23.0 Å². The lowest BCUT2D eigenvalue weighted by Gasteiger charge is -2.02. The molecule has 0 aliphatic carbocycles. The molecule has 0 fully saturated rings. The van der Waals surface area contributed by atoms with Crippen LogP contribution >= 0.6 is 11.5 Å². The zero-order valence-electron chi connectivity index (χ0n) is 9.80. The summed E-state index contributed by atoms with van der Waals surface area (Å²) in [6.07, 6.45) is 1.66.